The first-order valence-corrected chi connectivity index (χ1v) is 6.02. The van der Waals surface area contributed by atoms with Crippen LogP contribution in [0.3, 0.4) is 0 Å². The van der Waals surface area contributed by atoms with Gasteiger partial charge >= 0.3 is 6.18 Å². The van der Waals surface area contributed by atoms with Crippen LogP contribution in [0.5, 0.6) is 0 Å². The van der Waals surface area contributed by atoms with E-state index in [0.29, 0.717) is 17.2 Å². The fourth-order valence-electron chi connectivity index (χ4n) is 2.05. The maximum absolute atomic E-state index is 13.4. The van der Waals surface area contributed by atoms with Crippen molar-refractivity contribution in [3.63, 3.8) is 0 Å². The minimum absolute atomic E-state index is 0.0548. The van der Waals surface area contributed by atoms with Crippen LogP contribution in [0.1, 0.15) is 11.1 Å². The van der Waals surface area contributed by atoms with Gasteiger partial charge in [0.15, 0.2) is 0 Å². The lowest BCUT2D eigenvalue weighted by atomic mass is 9.96. The summed E-state index contributed by atoms with van der Waals surface area (Å²) in [5.41, 5.74) is 4.88. The monoisotopic (exact) mass is 297 g/mol. The number of hydrogen-bond donors (Lipinski definition) is 1. The lowest BCUT2D eigenvalue weighted by molar-refractivity contribution is -0.137. The summed E-state index contributed by atoms with van der Waals surface area (Å²) in [5.74, 6) is -1.61. The average molecular weight is 297 g/mol. The molecule has 0 atom stereocenters. The van der Waals surface area contributed by atoms with Crippen LogP contribution in [0.15, 0.2) is 42.5 Å². The van der Waals surface area contributed by atoms with E-state index < -0.39 is 23.5 Å². The van der Waals surface area contributed by atoms with Gasteiger partial charge in [-0.25, -0.2) is 4.39 Å². The Balaban J connectivity index is 2.57. The number of rotatable bonds is 3. The first-order chi connectivity index (χ1) is 9.77. The minimum Gasteiger partial charge on any atom is -0.369 e. The Hall–Kier alpha value is -2.37. The van der Waals surface area contributed by atoms with Crippen LogP contribution in [0.25, 0.3) is 11.1 Å². The van der Waals surface area contributed by atoms with Crippen molar-refractivity contribution in [2.45, 2.75) is 12.6 Å². The summed E-state index contributed by atoms with van der Waals surface area (Å²) in [5, 5.41) is 0. The molecule has 0 aromatic heterocycles. The van der Waals surface area contributed by atoms with Crippen LogP contribution < -0.4 is 5.73 Å². The fraction of sp³-hybridized carbons (Fsp3) is 0.133. The van der Waals surface area contributed by atoms with Gasteiger partial charge in [-0.3, -0.25) is 4.79 Å². The molecule has 21 heavy (non-hydrogen) atoms. The molecule has 2 nitrogen and oxygen atoms in total. The lowest BCUT2D eigenvalue weighted by Gasteiger charge is -2.12. The Bertz CT molecular complexity index is 680. The van der Waals surface area contributed by atoms with Crippen LogP contribution in [0.4, 0.5) is 17.6 Å². The SMILES string of the molecule is NC(=O)Cc1ccccc1-c1cc(F)cc(C(F)(F)F)c1. The van der Waals surface area contributed by atoms with Crippen molar-refractivity contribution in [1.82, 2.24) is 0 Å². The van der Waals surface area contributed by atoms with Crippen molar-refractivity contribution in [2.75, 3.05) is 0 Å². The van der Waals surface area contributed by atoms with Gasteiger partial charge in [-0.2, -0.15) is 13.2 Å². The van der Waals surface area contributed by atoms with Gasteiger partial charge in [0, 0.05) is 0 Å². The predicted molar refractivity (Wildman–Crippen MR) is 69.7 cm³/mol. The van der Waals surface area contributed by atoms with Crippen LogP contribution in [-0.4, -0.2) is 5.91 Å². The molecule has 0 spiro atoms. The van der Waals surface area contributed by atoms with E-state index >= 15 is 0 Å². The molecule has 0 saturated heterocycles. The molecule has 0 unspecified atom stereocenters. The number of halogens is 4. The standard InChI is InChI=1S/C15H11F4NO/c16-12-6-10(5-11(8-12)15(17,18)19)13-4-2-1-3-9(13)7-14(20)21/h1-6,8H,7H2,(H2,20,21). The zero-order valence-electron chi connectivity index (χ0n) is 10.7. The third-order valence-electron chi connectivity index (χ3n) is 2.92. The Morgan fingerprint density at radius 3 is 2.38 bits per heavy atom. The Morgan fingerprint density at radius 2 is 1.76 bits per heavy atom. The third-order valence-corrected chi connectivity index (χ3v) is 2.92. The summed E-state index contributed by atoms with van der Waals surface area (Å²) in [6.07, 6.45) is -4.77. The number of carbonyl (C=O) groups excluding carboxylic acids is 1. The Labute approximate surface area is 118 Å². The molecule has 0 aliphatic rings. The molecular formula is C15H11F4NO. The number of amides is 1. The summed E-state index contributed by atoms with van der Waals surface area (Å²) < 4.78 is 51.6. The van der Waals surface area contributed by atoms with Gasteiger partial charge in [-0.15, -0.1) is 0 Å². The Morgan fingerprint density at radius 1 is 1.10 bits per heavy atom. The second-order valence-corrected chi connectivity index (χ2v) is 4.53. The highest BCUT2D eigenvalue weighted by atomic mass is 19.4. The van der Waals surface area contributed by atoms with E-state index in [1.165, 1.54) is 6.07 Å². The maximum Gasteiger partial charge on any atom is 0.416 e. The van der Waals surface area contributed by atoms with E-state index in [2.05, 4.69) is 0 Å². The Kier molecular flexibility index (Phi) is 3.97. The van der Waals surface area contributed by atoms with Crippen LogP contribution in [0.2, 0.25) is 0 Å². The summed E-state index contributed by atoms with van der Waals surface area (Å²) in [6, 6.07) is 8.59. The molecule has 2 aromatic carbocycles. The van der Waals surface area contributed by atoms with E-state index in [-0.39, 0.29) is 12.0 Å². The van der Waals surface area contributed by atoms with Gasteiger partial charge in [0.1, 0.15) is 5.82 Å². The smallest absolute Gasteiger partial charge is 0.369 e. The lowest BCUT2D eigenvalue weighted by Crippen LogP contribution is -2.14. The van der Waals surface area contributed by atoms with Crippen molar-refractivity contribution < 1.29 is 22.4 Å². The largest absolute Gasteiger partial charge is 0.416 e. The second-order valence-electron chi connectivity index (χ2n) is 4.53. The number of hydrogen-bond acceptors (Lipinski definition) is 1. The number of carbonyl (C=O) groups is 1. The molecule has 0 fully saturated rings. The molecule has 0 aliphatic heterocycles. The topological polar surface area (TPSA) is 43.1 Å². The van der Waals surface area contributed by atoms with Crippen molar-refractivity contribution >= 4 is 5.91 Å². The maximum atomic E-state index is 13.4. The average Bonchev–Trinajstić information content (AvgIpc) is 2.37. The number of nitrogens with two attached hydrogens (primary N) is 1. The molecule has 0 aliphatic carbocycles. The highest BCUT2D eigenvalue weighted by Gasteiger charge is 2.31. The molecule has 0 bridgehead atoms. The third kappa shape index (κ3) is 3.59. The van der Waals surface area contributed by atoms with Gasteiger partial charge in [-0.1, -0.05) is 24.3 Å². The highest BCUT2D eigenvalue weighted by Crippen LogP contribution is 2.34. The van der Waals surface area contributed by atoms with Crippen molar-refractivity contribution in [2.24, 2.45) is 5.73 Å². The first-order valence-electron chi connectivity index (χ1n) is 6.02. The molecule has 0 saturated carbocycles. The van der Waals surface area contributed by atoms with E-state index in [9.17, 15) is 22.4 Å². The van der Waals surface area contributed by atoms with Crippen LogP contribution in [0, 0.1) is 5.82 Å². The quantitative estimate of drug-likeness (QED) is 0.865. The van der Waals surface area contributed by atoms with Crippen molar-refractivity contribution in [3.05, 3.63) is 59.4 Å². The van der Waals surface area contributed by atoms with Crippen LogP contribution >= 0.6 is 0 Å². The predicted octanol–water partition coefficient (Wildman–Crippen LogP) is 3.54. The van der Waals surface area contributed by atoms with E-state index in [4.69, 9.17) is 5.73 Å². The molecule has 110 valence electrons. The van der Waals surface area contributed by atoms with Gasteiger partial charge in [-0.05, 0) is 34.9 Å². The van der Waals surface area contributed by atoms with Crippen LogP contribution in [-0.2, 0) is 17.4 Å². The van der Waals surface area contributed by atoms with Gasteiger partial charge in [0.25, 0.3) is 0 Å². The van der Waals surface area contributed by atoms with Gasteiger partial charge in [0.2, 0.25) is 5.91 Å². The van der Waals surface area contributed by atoms with Gasteiger partial charge in [0.05, 0.1) is 12.0 Å². The van der Waals surface area contributed by atoms with Gasteiger partial charge < -0.3 is 5.73 Å². The second kappa shape index (κ2) is 5.55. The molecule has 2 rings (SSSR count). The molecular weight excluding hydrogens is 286 g/mol. The zero-order chi connectivity index (χ0) is 15.6. The van der Waals surface area contributed by atoms with E-state index in [0.717, 1.165) is 12.1 Å². The molecule has 2 aromatic rings. The van der Waals surface area contributed by atoms with E-state index in [1.54, 1.807) is 18.2 Å². The summed E-state index contributed by atoms with van der Waals surface area (Å²) >= 11 is 0. The number of primary amides is 1. The highest BCUT2D eigenvalue weighted by molar-refractivity contribution is 5.80. The minimum atomic E-state index is -4.64. The van der Waals surface area contributed by atoms with E-state index in [1.807, 2.05) is 0 Å². The molecule has 2 N–H and O–H groups in total. The number of benzene rings is 2. The van der Waals surface area contributed by atoms with Crippen molar-refractivity contribution in [3.8, 4) is 11.1 Å². The fourth-order valence-corrected chi connectivity index (χ4v) is 2.05. The first kappa shape index (κ1) is 15.0. The molecule has 0 radical (unpaired) electrons. The van der Waals surface area contributed by atoms with Crippen molar-refractivity contribution in [1.29, 1.82) is 0 Å². The zero-order valence-corrected chi connectivity index (χ0v) is 10.7. The number of alkyl halides is 3. The summed E-state index contributed by atoms with van der Waals surface area (Å²) in [6.45, 7) is 0. The molecule has 0 heterocycles. The summed E-state index contributed by atoms with van der Waals surface area (Å²) in [7, 11) is 0. The molecule has 6 heteroatoms. The summed E-state index contributed by atoms with van der Waals surface area (Å²) in [4.78, 5) is 11.0. The molecule has 1 amide bonds. The normalized spacial score (nSPS) is 11.4.